The van der Waals surface area contributed by atoms with Crippen LogP contribution in [0, 0.1) is 18.3 Å². The van der Waals surface area contributed by atoms with Crippen LogP contribution >= 0.6 is 0 Å². The molecule has 0 spiro atoms. The summed E-state index contributed by atoms with van der Waals surface area (Å²) >= 11 is 0. The van der Waals surface area contributed by atoms with Gasteiger partial charge in [0, 0.05) is 31.7 Å². The predicted molar refractivity (Wildman–Crippen MR) is 75.5 cm³/mol. The molecule has 96 valence electrons. The number of hydrogen-bond acceptors (Lipinski definition) is 5. The Bertz CT molecular complexity index is 628. The van der Waals surface area contributed by atoms with Crippen molar-refractivity contribution >= 4 is 17.3 Å². The van der Waals surface area contributed by atoms with Gasteiger partial charge in [0.15, 0.2) is 0 Å². The molecule has 0 amide bonds. The first-order chi connectivity index (χ1) is 9.10. The molecule has 5 nitrogen and oxygen atoms in total. The van der Waals surface area contributed by atoms with Gasteiger partial charge in [0.1, 0.15) is 11.8 Å². The molecule has 2 aromatic rings. The van der Waals surface area contributed by atoms with Crippen molar-refractivity contribution < 1.29 is 0 Å². The molecule has 1 heterocycles. The summed E-state index contributed by atoms with van der Waals surface area (Å²) in [5, 5.41) is 11.9. The fourth-order valence-corrected chi connectivity index (χ4v) is 1.78. The van der Waals surface area contributed by atoms with E-state index in [1.807, 2.05) is 43.3 Å². The summed E-state index contributed by atoms with van der Waals surface area (Å²) in [5.41, 5.74) is 3.56. The topological polar surface area (TPSA) is 64.8 Å². The van der Waals surface area contributed by atoms with Crippen molar-refractivity contribution in [3.63, 3.8) is 0 Å². The number of benzene rings is 1. The van der Waals surface area contributed by atoms with Crippen molar-refractivity contribution in [1.82, 2.24) is 9.97 Å². The van der Waals surface area contributed by atoms with E-state index in [2.05, 4.69) is 22.2 Å². The van der Waals surface area contributed by atoms with Crippen LogP contribution in [0.15, 0.2) is 30.5 Å². The van der Waals surface area contributed by atoms with Gasteiger partial charge in [0.2, 0.25) is 5.95 Å². The molecule has 0 fully saturated rings. The molecular formula is C14H15N5. The van der Waals surface area contributed by atoms with E-state index < -0.39 is 0 Å². The van der Waals surface area contributed by atoms with E-state index in [-0.39, 0.29) is 0 Å². The van der Waals surface area contributed by atoms with Crippen LogP contribution in [0.3, 0.4) is 0 Å². The molecule has 0 unspecified atom stereocenters. The first kappa shape index (κ1) is 12.8. The minimum atomic E-state index is 0.345. The molecule has 0 radical (unpaired) electrons. The van der Waals surface area contributed by atoms with Crippen molar-refractivity contribution in [2.45, 2.75) is 6.92 Å². The zero-order valence-corrected chi connectivity index (χ0v) is 11.2. The smallest absolute Gasteiger partial charge is 0.228 e. The highest BCUT2D eigenvalue weighted by molar-refractivity contribution is 5.64. The Morgan fingerprint density at radius 1 is 1.26 bits per heavy atom. The van der Waals surface area contributed by atoms with E-state index >= 15 is 0 Å². The second-order valence-corrected chi connectivity index (χ2v) is 4.40. The van der Waals surface area contributed by atoms with Crippen LogP contribution < -0.4 is 10.2 Å². The molecule has 0 bridgehead atoms. The van der Waals surface area contributed by atoms with E-state index in [1.54, 1.807) is 12.3 Å². The fraction of sp³-hybridized carbons (Fsp3) is 0.214. The molecule has 1 N–H and O–H groups in total. The lowest BCUT2D eigenvalue weighted by Gasteiger charge is -2.17. The highest BCUT2D eigenvalue weighted by atomic mass is 15.1. The molecular weight excluding hydrogens is 238 g/mol. The fourth-order valence-electron chi connectivity index (χ4n) is 1.78. The number of rotatable bonds is 3. The first-order valence-electron chi connectivity index (χ1n) is 5.88. The zero-order valence-electron chi connectivity index (χ0n) is 11.2. The van der Waals surface area contributed by atoms with Gasteiger partial charge in [0.25, 0.3) is 0 Å². The Labute approximate surface area is 112 Å². The monoisotopic (exact) mass is 253 g/mol. The van der Waals surface area contributed by atoms with Gasteiger partial charge in [0.05, 0.1) is 0 Å². The summed E-state index contributed by atoms with van der Waals surface area (Å²) in [4.78, 5) is 10.2. The number of nitrogens with zero attached hydrogens (tertiary/aromatic N) is 4. The minimum absolute atomic E-state index is 0.345. The van der Waals surface area contributed by atoms with Crippen molar-refractivity contribution in [2.75, 3.05) is 24.3 Å². The van der Waals surface area contributed by atoms with Crippen LogP contribution in [0.5, 0.6) is 0 Å². The minimum Gasteiger partial charge on any atom is -0.377 e. The molecule has 19 heavy (non-hydrogen) atoms. The van der Waals surface area contributed by atoms with Crippen LogP contribution in [0.2, 0.25) is 0 Å². The third-order valence-corrected chi connectivity index (χ3v) is 2.72. The van der Waals surface area contributed by atoms with E-state index in [1.165, 1.54) is 5.56 Å². The van der Waals surface area contributed by atoms with Crippen LogP contribution in [0.1, 0.15) is 11.3 Å². The average Bonchev–Trinajstić information content (AvgIpc) is 2.41. The zero-order chi connectivity index (χ0) is 13.8. The average molecular weight is 253 g/mol. The van der Waals surface area contributed by atoms with Crippen LogP contribution in [-0.4, -0.2) is 24.1 Å². The summed E-state index contributed by atoms with van der Waals surface area (Å²) in [6.45, 7) is 2.06. The Kier molecular flexibility index (Phi) is 3.62. The predicted octanol–water partition coefficient (Wildman–Crippen LogP) is 2.47. The third kappa shape index (κ3) is 2.99. The lowest BCUT2D eigenvalue weighted by atomic mass is 10.1. The first-order valence-corrected chi connectivity index (χ1v) is 5.88. The quantitative estimate of drug-likeness (QED) is 0.910. The van der Waals surface area contributed by atoms with Crippen LogP contribution in [0.4, 0.5) is 17.3 Å². The van der Waals surface area contributed by atoms with Gasteiger partial charge in [-0.05, 0) is 30.7 Å². The Morgan fingerprint density at radius 2 is 2.05 bits per heavy atom. The lowest BCUT2D eigenvalue weighted by Crippen LogP contribution is -2.10. The second kappa shape index (κ2) is 5.36. The highest BCUT2D eigenvalue weighted by Crippen LogP contribution is 2.23. The third-order valence-electron chi connectivity index (χ3n) is 2.72. The molecule has 2 rings (SSSR count). The number of hydrogen-bond donors (Lipinski definition) is 1. The normalized spacial score (nSPS) is 9.79. The summed E-state index contributed by atoms with van der Waals surface area (Å²) in [5.74, 6) is 0.424. The van der Waals surface area contributed by atoms with Gasteiger partial charge in [-0.1, -0.05) is 6.07 Å². The van der Waals surface area contributed by atoms with Crippen molar-refractivity contribution in [2.24, 2.45) is 0 Å². The lowest BCUT2D eigenvalue weighted by molar-refractivity contribution is 1.11. The molecule has 0 aliphatic carbocycles. The number of anilines is 3. The van der Waals surface area contributed by atoms with E-state index in [0.717, 1.165) is 11.4 Å². The molecule has 0 saturated heterocycles. The summed E-state index contributed by atoms with van der Waals surface area (Å²) in [6.07, 6.45) is 1.56. The van der Waals surface area contributed by atoms with Crippen molar-refractivity contribution in [1.29, 1.82) is 5.26 Å². The Balaban J connectivity index is 2.28. The van der Waals surface area contributed by atoms with Crippen LogP contribution in [-0.2, 0) is 0 Å². The second-order valence-electron chi connectivity index (χ2n) is 4.40. The van der Waals surface area contributed by atoms with Gasteiger partial charge in [-0.3, -0.25) is 0 Å². The van der Waals surface area contributed by atoms with Gasteiger partial charge in [-0.2, -0.15) is 5.26 Å². The van der Waals surface area contributed by atoms with Crippen molar-refractivity contribution in [3.8, 4) is 6.07 Å². The number of nitriles is 1. The molecule has 1 aromatic heterocycles. The maximum absolute atomic E-state index is 8.81. The molecule has 0 aliphatic heterocycles. The molecule has 0 atom stereocenters. The standard InChI is InChI=1S/C14H15N5/c1-10-4-5-11(8-13(10)19(2)3)17-14-16-7-6-12(9-15)18-14/h4-8H,1-3H3,(H,16,17,18). The largest absolute Gasteiger partial charge is 0.377 e. The van der Waals surface area contributed by atoms with Crippen LogP contribution in [0.25, 0.3) is 0 Å². The number of nitrogens with one attached hydrogen (secondary N) is 1. The van der Waals surface area contributed by atoms with Gasteiger partial charge >= 0.3 is 0 Å². The van der Waals surface area contributed by atoms with E-state index in [0.29, 0.717) is 11.6 Å². The summed E-state index contributed by atoms with van der Waals surface area (Å²) < 4.78 is 0. The maximum atomic E-state index is 8.81. The SMILES string of the molecule is Cc1ccc(Nc2nccc(C#N)n2)cc1N(C)C. The molecule has 1 aromatic carbocycles. The molecule has 0 aliphatic rings. The van der Waals surface area contributed by atoms with Gasteiger partial charge in [-0.15, -0.1) is 0 Å². The summed E-state index contributed by atoms with van der Waals surface area (Å²) in [7, 11) is 4.00. The maximum Gasteiger partial charge on any atom is 0.228 e. The van der Waals surface area contributed by atoms with Crippen molar-refractivity contribution in [3.05, 3.63) is 41.7 Å². The number of aromatic nitrogens is 2. The summed E-state index contributed by atoms with van der Waals surface area (Å²) in [6, 6.07) is 9.59. The number of aryl methyl sites for hydroxylation is 1. The van der Waals surface area contributed by atoms with Gasteiger partial charge < -0.3 is 10.2 Å². The van der Waals surface area contributed by atoms with Gasteiger partial charge in [-0.25, -0.2) is 9.97 Å². The Morgan fingerprint density at radius 3 is 2.74 bits per heavy atom. The van der Waals surface area contributed by atoms with E-state index in [9.17, 15) is 0 Å². The molecule has 0 saturated carbocycles. The highest BCUT2D eigenvalue weighted by Gasteiger charge is 2.04. The van der Waals surface area contributed by atoms with E-state index in [4.69, 9.17) is 5.26 Å². The Hall–Kier alpha value is -2.61. The molecule has 5 heteroatoms.